The first kappa shape index (κ1) is 16.2. The lowest BCUT2D eigenvalue weighted by Crippen LogP contribution is -1.97. The largest absolute Gasteiger partial charge is 0.508 e. The molecule has 0 unspecified atom stereocenters. The van der Waals surface area contributed by atoms with Crippen molar-refractivity contribution in [2.24, 2.45) is 0 Å². The molecule has 0 heterocycles. The highest BCUT2D eigenvalue weighted by Crippen LogP contribution is 2.43. The van der Waals surface area contributed by atoms with Crippen LogP contribution in [0.25, 0.3) is 0 Å². The number of aromatic hydroxyl groups is 1. The highest BCUT2D eigenvalue weighted by molar-refractivity contribution is 5.58. The summed E-state index contributed by atoms with van der Waals surface area (Å²) >= 11 is 0. The third-order valence-corrected chi connectivity index (χ3v) is 3.01. The SMILES string of the molecule is COc1cc(Oc2cc(O)ccc2[N+](=O)[O-])cc(OC)c1OC. The van der Waals surface area contributed by atoms with E-state index in [2.05, 4.69) is 0 Å². The van der Waals surface area contributed by atoms with Crippen LogP contribution in [-0.2, 0) is 0 Å². The Morgan fingerprint density at radius 1 is 0.957 bits per heavy atom. The van der Waals surface area contributed by atoms with Crippen molar-refractivity contribution in [2.75, 3.05) is 21.3 Å². The van der Waals surface area contributed by atoms with Gasteiger partial charge < -0.3 is 24.1 Å². The van der Waals surface area contributed by atoms with Crippen molar-refractivity contribution in [1.29, 1.82) is 0 Å². The molecule has 0 saturated carbocycles. The molecule has 1 N–H and O–H groups in total. The Kier molecular flexibility index (Phi) is 4.75. The molecule has 0 aliphatic heterocycles. The second-order valence-corrected chi connectivity index (χ2v) is 4.37. The lowest BCUT2D eigenvalue weighted by atomic mass is 10.2. The van der Waals surface area contributed by atoms with Gasteiger partial charge in [-0.05, 0) is 6.07 Å². The van der Waals surface area contributed by atoms with Crippen LogP contribution in [0.3, 0.4) is 0 Å². The molecule has 2 aromatic rings. The summed E-state index contributed by atoms with van der Waals surface area (Å²) < 4.78 is 21.1. The molecule has 0 aliphatic rings. The molecular weight excluding hydrogens is 306 g/mol. The van der Waals surface area contributed by atoms with Crippen molar-refractivity contribution in [3.63, 3.8) is 0 Å². The summed E-state index contributed by atoms with van der Waals surface area (Å²) in [5.74, 6) is 1.01. The fourth-order valence-corrected chi connectivity index (χ4v) is 1.98. The summed E-state index contributed by atoms with van der Waals surface area (Å²) in [6.07, 6.45) is 0. The molecule has 0 saturated heterocycles. The maximum Gasteiger partial charge on any atom is 0.311 e. The monoisotopic (exact) mass is 321 g/mol. The Morgan fingerprint density at radius 2 is 1.57 bits per heavy atom. The number of ether oxygens (including phenoxy) is 4. The second kappa shape index (κ2) is 6.73. The number of nitro benzene ring substituents is 1. The predicted molar refractivity (Wildman–Crippen MR) is 80.9 cm³/mol. The molecular formula is C15H15NO7. The predicted octanol–water partition coefficient (Wildman–Crippen LogP) is 3.12. The standard InChI is InChI=1S/C15H15NO7/c1-20-13-7-10(8-14(21-2)15(13)22-3)23-12-6-9(17)4-5-11(12)16(18)19/h4-8,17H,1-3H3. The minimum absolute atomic E-state index is 0.107. The first-order chi connectivity index (χ1) is 11.0. The fourth-order valence-electron chi connectivity index (χ4n) is 1.98. The van der Waals surface area contributed by atoms with Crippen molar-refractivity contribution in [1.82, 2.24) is 0 Å². The van der Waals surface area contributed by atoms with E-state index in [1.54, 1.807) is 0 Å². The Hall–Kier alpha value is -3.16. The van der Waals surface area contributed by atoms with E-state index in [0.29, 0.717) is 17.2 Å². The molecule has 0 aliphatic carbocycles. The molecule has 0 bridgehead atoms. The summed E-state index contributed by atoms with van der Waals surface area (Å²) in [6, 6.07) is 6.51. The Balaban J connectivity index is 2.48. The zero-order valence-electron chi connectivity index (χ0n) is 12.7. The van der Waals surface area contributed by atoms with Crippen LogP contribution in [0.5, 0.6) is 34.5 Å². The molecule has 2 rings (SSSR count). The molecule has 0 amide bonds. The molecule has 0 fully saturated rings. The van der Waals surface area contributed by atoms with Gasteiger partial charge in [0.25, 0.3) is 0 Å². The summed E-state index contributed by atoms with van der Waals surface area (Å²) in [7, 11) is 4.34. The van der Waals surface area contributed by atoms with Crippen LogP contribution < -0.4 is 18.9 Å². The smallest absolute Gasteiger partial charge is 0.311 e. The highest BCUT2D eigenvalue weighted by atomic mass is 16.6. The third kappa shape index (κ3) is 3.37. The summed E-state index contributed by atoms with van der Waals surface area (Å²) in [6.45, 7) is 0. The highest BCUT2D eigenvalue weighted by Gasteiger charge is 2.19. The number of hydrogen-bond donors (Lipinski definition) is 1. The minimum Gasteiger partial charge on any atom is -0.508 e. The van der Waals surface area contributed by atoms with Crippen LogP contribution in [0.2, 0.25) is 0 Å². The first-order valence-electron chi connectivity index (χ1n) is 6.45. The van der Waals surface area contributed by atoms with Crippen LogP contribution >= 0.6 is 0 Å². The molecule has 2 aromatic carbocycles. The van der Waals surface area contributed by atoms with Gasteiger partial charge in [0.15, 0.2) is 11.5 Å². The van der Waals surface area contributed by atoms with Gasteiger partial charge in [-0.25, -0.2) is 0 Å². The van der Waals surface area contributed by atoms with Crippen LogP contribution in [-0.4, -0.2) is 31.4 Å². The van der Waals surface area contributed by atoms with Gasteiger partial charge in [0.2, 0.25) is 11.5 Å². The second-order valence-electron chi connectivity index (χ2n) is 4.37. The van der Waals surface area contributed by atoms with E-state index < -0.39 is 4.92 Å². The number of hydrogen-bond acceptors (Lipinski definition) is 7. The van der Waals surface area contributed by atoms with E-state index in [9.17, 15) is 15.2 Å². The van der Waals surface area contributed by atoms with Crippen LogP contribution in [0.15, 0.2) is 30.3 Å². The maximum absolute atomic E-state index is 11.0. The Labute approximate surface area is 131 Å². The quantitative estimate of drug-likeness (QED) is 0.644. The number of benzene rings is 2. The van der Waals surface area contributed by atoms with Gasteiger partial charge in [-0.1, -0.05) is 0 Å². The van der Waals surface area contributed by atoms with Gasteiger partial charge in [0, 0.05) is 24.3 Å². The van der Waals surface area contributed by atoms with E-state index >= 15 is 0 Å². The van der Waals surface area contributed by atoms with Crippen molar-refractivity contribution in [3.8, 4) is 34.5 Å². The van der Waals surface area contributed by atoms with Gasteiger partial charge >= 0.3 is 5.69 Å². The first-order valence-corrected chi connectivity index (χ1v) is 6.45. The van der Waals surface area contributed by atoms with Gasteiger partial charge in [0.1, 0.15) is 11.5 Å². The molecule has 0 radical (unpaired) electrons. The Morgan fingerprint density at radius 3 is 2.04 bits per heavy atom. The molecule has 23 heavy (non-hydrogen) atoms. The van der Waals surface area contributed by atoms with Crippen molar-refractivity contribution in [3.05, 3.63) is 40.4 Å². The summed E-state index contributed by atoms with van der Waals surface area (Å²) in [5, 5.41) is 20.6. The van der Waals surface area contributed by atoms with Gasteiger partial charge in [-0.2, -0.15) is 0 Å². The summed E-state index contributed by atoms with van der Waals surface area (Å²) in [5.41, 5.74) is -0.281. The number of phenolic OH excluding ortho intramolecular Hbond substituents is 1. The number of methoxy groups -OCH3 is 3. The van der Waals surface area contributed by atoms with E-state index in [0.717, 1.165) is 12.1 Å². The van der Waals surface area contributed by atoms with E-state index in [1.807, 2.05) is 0 Å². The maximum atomic E-state index is 11.0. The summed E-state index contributed by atoms with van der Waals surface area (Å²) in [4.78, 5) is 10.4. The Bertz CT molecular complexity index is 705. The van der Waals surface area contributed by atoms with E-state index in [4.69, 9.17) is 18.9 Å². The van der Waals surface area contributed by atoms with Crippen LogP contribution in [0.4, 0.5) is 5.69 Å². The number of phenols is 1. The molecule has 0 atom stereocenters. The lowest BCUT2D eigenvalue weighted by molar-refractivity contribution is -0.385. The van der Waals surface area contributed by atoms with Crippen LogP contribution in [0, 0.1) is 10.1 Å². The fraction of sp³-hybridized carbons (Fsp3) is 0.200. The van der Waals surface area contributed by atoms with Crippen LogP contribution in [0.1, 0.15) is 0 Å². The number of nitrogens with zero attached hydrogens (tertiary/aromatic N) is 1. The van der Waals surface area contributed by atoms with Gasteiger partial charge in [0.05, 0.1) is 26.3 Å². The average Bonchev–Trinajstić information content (AvgIpc) is 2.53. The molecule has 0 spiro atoms. The number of rotatable bonds is 6. The number of nitro groups is 1. The normalized spacial score (nSPS) is 10.0. The third-order valence-electron chi connectivity index (χ3n) is 3.01. The zero-order chi connectivity index (χ0) is 17.0. The zero-order valence-corrected chi connectivity index (χ0v) is 12.7. The van der Waals surface area contributed by atoms with E-state index in [-0.39, 0.29) is 22.9 Å². The van der Waals surface area contributed by atoms with Crippen molar-refractivity contribution >= 4 is 5.69 Å². The molecule has 8 heteroatoms. The minimum atomic E-state index is -0.604. The average molecular weight is 321 g/mol. The van der Waals surface area contributed by atoms with E-state index in [1.165, 1.54) is 39.5 Å². The molecule has 122 valence electrons. The van der Waals surface area contributed by atoms with Gasteiger partial charge in [-0.15, -0.1) is 0 Å². The van der Waals surface area contributed by atoms with Crippen molar-refractivity contribution in [2.45, 2.75) is 0 Å². The molecule has 0 aromatic heterocycles. The lowest BCUT2D eigenvalue weighted by Gasteiger charge is -2.14. The van der Waals surface area contributed by atoms with Gasteiger partial charge in [-0.3, -0.25) is 10.1 Å². The topological polar surface area (TPSA) is 100 Å². The van der Waals surface area contributed by atoms with Crippen molar-refractivity contribution < 1.29 is 29.0 Å². The molecule has 8 nitrogen and oxygen atoms in total.